The van der Waals surface area contributed by atoms with E-state index in [1.165, 1.54) is 22.9 Å². The molecule has 98 valence electrons. The minimum absolute atomic E-state index is 0.203. The van der Waals surface area contributed by atoms with Crippen LogP contribution in [0, 0.1) is 0 Å². The predicted octanol–water partition coefficient (Wildman–Crippen LogP) is 0.386. The van der Waals surface area contributed by atoms with Crippen LogP contribution >= 0.6 is 11.8 Å². The van der Waals surface area contributed by atoms with Crippen LogP contribution in [0.4, 0.5) is 4.79 Å². The van der Waals surface area contributed by atoms with Gasteiger partial charge in [0.05, 0.1) is 12.7 Å². The van der Waals surface area contributed by atoms with Crippen molar-refractivity contribution in [1.29, 1.82) is 0 Å². The van der Waals surface area contributed by atoms with E-state index >= 15 is 0 Å². The Labute approximate surface area is 107 Å². The maximum absolute atomic E-state index is 11.9. The molecule has 1 atom stereocenters. The van der Waals surface area contributed by atoms with Crippen LogP contribution in [0.3, 0.4) is 0 Å². The fourth-order valence-electron chi connectivity index (χ4n) is 1.65. The summed E-state index contributed by atoms with van der Waals surface area (Å²) in [5.74, 6) is 0.725. The van der Waals surface area contributed by atoms with Crippen LogP contribution in [0.15, 0.2) is 16.8 Å². The smallest absolute Gasteiger partial charge is 0.327 e. The Morgan fingerprint density at radius 2 is 2.50 bits per heavy atom. The SMILES string of the molecule is O=C(O)C1CSCCN1C(=O)NCc1ccno1. The van der Waals surface area contributed by atoms with E-state index in [2.05, 4.69) is 10.5 Å². The zero-order chi connectivity index (χ0) is 13.0. The van der Waals surface area contributed by atoms with Gasteiger partial charge in [-0.15, -0.1) is 0 Å². The molecule has 2 heterocycles. The number of amides is 2. The Morgan fingerprint density at radius 3 is 3.17 bits per heavy atom. The number of carbonyl (C=O) groups is 2. The maximum Gasteiger partial charge on any atom is 0.327 e. The molecule has 0 bridgehead atoms. The highest BCUT2D eigenvalue weighted by Gasteiger charge is 2.32. The van der Waals surface area contributed by atoms with Gasteiger partial charge in [0, 0.05) is 24.1 Å². The van der Waals surface area contributed by atoms with Crippen molar-refractivity contribution in [3.8, 4) is 0 Å². The van der Waals surface area contributed by atoms with Crippen LogP contribution in [0.5, 0.6) is 0 Å². The number of nitrogens with zero attached hydrogens (tertiary/aromatic N) is 2. The Bertz CT molecular complexity index is 423. The zero-order valence-electron chi connectivity index (χ0n) is 9.54. The first-order valence-electron chi connectivity index (χ1n) is 5.43. The fraction of sp³-hybridized carbons (Fsp3) is 0.500. The van der Waals surface area contributed by atoms with E-state index in [1.54, 1.807) is 6.07 Å². The quantitative estimate of drug-likeness (QED) is 0.825. The summed E-state index contributed by atoms with van der Waals surface area (Å²) in [7, 11) is 0. The Kier molecular flexibility index (Phi) is 4.08. The standard InChI is InChI=1S/C10H13N3O4S/c14-9(15)8-6-18-4-3-13(8)10(16)11-5-7-1-2-12-17-7/h1-2,8H,3-6H2,(H,11,16)(H,14,15). The molecule has 0 aliphatic carbocycles. The van der Waals surface area contributed by atoms with Gasteiger partial charge in [-0.2, -0.15) is 11.8 Å². The molecular weight excluding hydrogens is 258 g/mol. The van der Waals surface area contributed by atoms with Gasteiger partial charge in [-0.3, -0.25) is 0 Å². The highest BCUT2D eigenvalue weighted by molar-refractivity contribution is 7.99. The molecule has 0 aromatic carbocycles. The summed E-state index contributed by atoms with van der Waals surface area (Å²) < 4.78 is 4.84. The maximum atomic E-state index is 11.9. The Morgan fingerprint density at radius 1 is 1.67 bits per heavy atom. The van der Waals surface area contributed by atoms with Crippen LogP contribution in [-0.2, 0) is 11.3 Å². The summed E-state index contributed by atoms with van der Waals surface area (Å²) in [6, 6.07) is 0.485. The third-order valence-electron chi connectivity index (χ3n) is 2.58. The number of hydrogen-bond donors (Lipinski definition) is 2. The summed E-state index contributed by atoms with van der Waals surface area (Å²) in [4.78, 5) is 24.3. The molecule has 0 saturated carbocycles. The number of carboxylic acids is 1. The van der Waals surface area contributed by atoms with Crippen molar-refractivity contribution < 1.29 is 19.2 Å². The molecule has 1 saturated heterocycles. The van der Waals surface area contributed by atoms with Crippen molar-refractivity contribution in [2.24, 2.45) is 0 Å². The van der Waals surface area contributed by atoms with Gasteiger partial charge in [0.2, 0.25) is 0 Å². The number of hydrogen-bond acceptors (Lipinski definition) is 5. The third kappa shape index (κ3) is 2.95. The van der Waals surface area contributed by atoms with Crippen LogP contribution < -0.4 is 5.32 Å². The molecular formula is C10H13N3O4S. The summed E-state index contributed by atoms with van der Waals surface area (Å²) in [5, 5.41) is 15.2. The van der Waals surface area contributed by atoms with Crippen molar-refractivity contribution in [3.63, 3.8) is 0 Å². The van der Waals surface area contributed by atoms with Gasteiger partial charge < -0.3 is 19.8 Å². The van der Waals surface area contributed by atoms with Crippen LogP contribution in [0.25, 0.3) is 0 Å². The predicted molar refractivity (Wildman–Crippen MR) is 64.2 cm³/mol. The molecule has 1 aliphatic rings. The van der Waals surface area contributed by atoms with Crippen molar-refractivity contribution in [1.82, 2.24) is 15.4 Å². The molecule has 18 heavy (non-hydrogen) atoms. The Hall–Kier alpha value is -1.70. The second-order valence-corrected chi connectivity index (χ2v) is 4.91. The van der Waals surface area contributed by atoms with E-state index in [1.807, 2.05) is 0 Å². The van der Waals surface area contributed by atoms with Gasteiger partial charge in [0.1, 0.15) is 6.04 Å². The Balaban J connectivity index is 1.92. The number of aromatic nitrogens is 1. The molecule has 2 N–H and O–H groups in total. The lowest BCUT2D eigenvalue weighted by molar-refractivity contribution is -0.141. The number of thioether (sulfide) groups is 1. The lowest BCUT2D eigenvalue weighted by atomic mass is 10.3. The number of aliphatic carboxylic acids is 1. The van der Waals surface area contributed by atoms with Crippen molar-refractivity contribution in [2.45, 2.75) is 12.6 Å². The topological polar surface area (TPSA) is 95.7 Å². The lowest BCUT2D eigenvalue weighted by Crippen LogP contribution is -2.53. The largest absolute Gasteiger partial charge is 0.480 e. The van der Waals surface area contributed by atoms with Gasteiger partial charge >= 0.3 is 12.0 Å². The van der Waals surface area contributed by atoms with E-state index in [9.17, 15) is 9.59 Å². The summed E-state index contributed by atoms with van der Waals surface area (Å²) >= 11 is 1.54. The number of carbonyl (C=O) groups excluding carboxylic acids is 1. The second-order valence-electron chi connectivity index (χ2n) is 3.76. The van der Waals surface area contributed by atoms with E-state index in [0.29, 0.717) is 18.1 Å². The zero-order valence-corrected chi connectivity index (χ0v) is 10.4. The van der Waals surface area contributed by atoms with Crippen LogP contribution in [-0.4, -0.2) is 51.3 Å². The highest BCUT2D eigenvalue weighted by Crippen LogP contribution is 2.16. The van der Waals surface area contributed by atoms with Crippen molar-refractivity contribution >= 4 is 23.8 Å². The number of urea groups is 1. The molecule has 2 rings (SSSR count). The molecule has 7 nitrogen and oxygen atoms in total. The van der Waals surface area contributed by atoms with E-state index in [-0.39, 0.29) is 12.6 Å². The van der Waals surface area contributed by atoms with Gasteiger partial charge in [0.25, 0.3) is 0 Å². The minimum atomic E-state index is -0.975. The number of carboxylic acid groups (broad SMARTS) is 1. The monoisotopic (exact) mass is 271 g/mol. The molecule has 8 heteroatoms. The van der Waals surface area contributed by atoms with Crippen LogP contribution in [0.1, 0.15) is 5.76 Å². The molecule has 1 aliphatic heterocycles. The van der Waals surface area contributed by atoms with E-state index < -0.39 is 12.0 Å². The average Bonchev–Trinajstić information content (AvgIpc) is 2.89. The van der Waals surface area contributed by atoms with Crippen molar-refractivity contribution in [2.75, 3.05) is 18.1 Å². The molecule has 1 aromatic heterocycles. The number of rotatable bonds is 3. The average molecular weight is 271 g/mol. The van der Waals surface area contributed by atoms with Gasteiger partial charge in [0.15, 0.2) is 5.76 Å². The summed E-state index contributed by atoms with van der Waals surface area (Å²) in [6.45, 7) is 0.638. The summed E-state index contributed by atoms with van der Waals surface area (Å²) in [6.07, 6.45) is 1.49. The first-order valence-corrected chi connectivity index (χ1v) is 6.58. The van der Waals surface area contributed by atoms with Gasteiger partial charge in [-0.05, 0) is 0 Å². The second kappa shape index (κ2) is 5.76. The molecule has 1 aromatic rings. The lowest BCUT2D eigenvalue weighted by Gasteiger charge is -2.32. The number of nitrogens with one attached hydrogen (secondary N) is 1. The van der Waals surface area contributed by atoms with E-state index in [4.69, 9.17) is 9.63 Å². The minimum Gasteiger partial charge on any atom is -0.480 e. The third-order valence-corrected chi connectivity index (χ3v) is 3.60. The molecule has 1 fully saturated rings. The van der Waals surface area contributed by atoms with Gasteiger partial charge in [-0.25, -0.2) is 9.59 Å². The fourth-order valence-corrected chi connectivity index (χ4v) is 2.69. The first-order chi connectivity index (χ1) is 8.68. The van der Waals surface area contributed by atoms with Crippen LogP contribution in [0.2, 0.25) is 0 Å². The molecule has 2 amide bonds. The highest BCUT2D eigenvalue weighted by atomic mass is 32.2. The van der Waals surface area contributed by atoms with Crippen molar-refractivity contribution in [3.05, 3.63) is 18.0 Å². The van der Waals surface area contributed by atoms with E-state index in [0.717, 1.165) is 5.75 Å². The molecule has 0 spiro atoms. The molecule has 0 radical (unpaired) electrons. The summed E-state index contributed by atoms with van der Waals surface area (Å²) in [5.41, 5.74) is 0. The van der Waals surface area contributed by atoms with Gasteiger partial charge in [-0.1, -0.05) is 5.16 Å². The normalized spacial score (nSPS) is 19.6. The first kappa shape index (κ1) is 12.7. The molecule has 1 unspecified atom stereocenters.